The first-order valence-corrected chi connectivity index (χ1v) is 6.74. The number of nitrogens with zero attached hydrogens (tertiary/aromatic N) is 3. The lowest BCUT2D eigenvalue weighted by Gasteiger charge is -2.21. The second-order valence-corrected chi connectivity index (χ2v) is 5.33. The van der Waals surface area contributed by atoms with Crippen LogP contribution in [0.15, 0.2) is 33.9 Å². The highest BCUT2D eigenvalue weighted by atomic mass is 79.9. The van der Waals surface area contributed by atoms with E-state index in [9.17, 15) is 4.79 Å². The summed E-state index contributed by atoms with van der Waals surface area (Å²) < 4.78 is 7.47. The molecule has 1 amide bonds. The summed E-state index contributed by atoms with van der Waals surface area (Å²) in [7, 11) is 0. The fourth-order valence-electron chi connectivity index (χ4n) is 1.63. The lowest BCUT2D eigenvalue weighted by molar-refractivity contribution is 0.0890. The van der Waals surface area contributed by atoms with Gasteiger partial charge in [-0.1, -0.05) is 13.8 Å². The van der Waals surface area contributed by atoms with Gasteiger partial charge >= 0.3 is 0 Å². The number of nitrogens with one attached hydrogen (secondary N) is 1. The Morgan fingerprint density at radius 1 is 1.53 bits per heavy atom. The third-order valence-electron chi connectivity index (χ3n) is 2.77. The number of hydrogen-bond donors (Lipinski definition) is 1. The SMILES string of the molecule is CC(C)[C@H](Cn1cncn1)NC(=O)c1ccc(Br)o1. The summed E-state index contributed by atoms with van der Waals surface area (Å²) in [6.07, 6.45) is 3.11. The Kier molecular flexibility index (Phi) is 4.36. The number of furan rings is 1. The van der Waals surface area contributed by atoms with E-state index in [0.29, 0.717) is 11.2 Å². The fourth-order valence-corrected chi connectivity index (χ4v) is 1.93. The minimum absolute atomic E-state index is 0.0434. The van der Waals surface area contributed by atoms with E-state index in [0.717, 1.165) is 0 Å². The zero-order chi connectivity index (χ0) is 13.8. The molecular weight excluding hydrogens is 312 g/mol. The minimum atomic E-state index is -0.232. The Bertz CT molecular complexity index is 536. The van der Waals surface area contributed by atoms with Crippen LogP contribution in [0.4, 0.5) is 0 Å². The summed E-state index contributed by atoms with van der Waals surface area (Å²) in [4.78, 5) is 15.9. The van der Waals surface area contributed by atoms with Crippen molar-refractivity contribution in [2.24, 2.45) is 5.92 Å². The number of hydrogen-bond acceptors (Lipinski definition) is 4. The average Bonchev–Trinajstić information content (AvgIpc) is 2.99. The van der Waals surface area contributed by atoms with Crippen molar-refractivity contribution in [2.75, 3.05) is 0 Å². The first-order valence-electron chi connectivity index (χ1n) is 5.95. The van der Waals surface area contributed by atoms with Gasteiger partial charge in [0.05, 0.1) is 12.6 Å². The van der Waals surface area contributed by atoms with E-state index in [1.807, 2.05) is 13.8 Å². The van der Waals surface area contributed by atoms with Crippen LogP contribution in [0, 0.1) is 5.92 Å². The van der Waals surface area contributed by atoms with E-state index in [-0.39, 0.29) is 23.6 Å². The van der Waals surface area contributed by atoms with E-state index in [1.165, 1.54) is 6.33 Å². The zero-order valence-corrected chi connectivity index (χ0v) is 12.3. The highest BCUT2D eigenvalue weighted by molar-refractivity contribution is 9.10. The number of rotatable bonds is 5. The summed E-state index contributed by atoms with van der Waals surface area (Å²) in [5.74, 6) is 0.326. The molecule has 0 aliphatic rings. The molecule has 0 aliphatic carbocycles. The molecule has 0 radical (unpaired) electrons. The van der Waals surface area contributed by atoms with E-state index in [1.54, 1.807) is 23.1 Å². The Hall–Kier alpha value is -1.63. The normalized spacial score (nSPS) is 12.6. The second-order valence-electron chi connectivity index (χ2n) is 4.55. The van der Waals surface area contributed by atoms with Gasteiger partial charge in [0.1, 0.15) is 12.7 Å². The smallest absolute Gasteiger partial charge is 0.287 e. The van der Waals surface area contributed by atoms with Crippen molar-refractivity contribution in [3.63, 3.8) is 0 Å². The first kappa shape index (κ1) is 13.8. The zero-order valence-electron chi connectivity index (χ0n) is 10.7. The predicted molar refractivity (Wildman–Crippen MR) is 72.5 cm³/mol. The van der Waals surface area contributed by atoms with Gasteiger partial charge in [0, 0.05) is 0 Å². The summed E-state index contributed by atoms with van der Waals surface area (Å²) in [6.45, 7) is 4.66. The van der Waals surface area contributed by atoms with Gasteiger partial charge < -0.3 is 9.73 Å². The molecule has 2 aromatic rings. The highest BCUT2D eigenvalue weighted by Gasteiger charge is 2.19. The van der Waals surface area contributed by atoms with Crippen molar-refractivity contribution in [1.82, 2.24) is 20.1 Å². The van der Waals surface area contributed by atoms with Crippen molar-refractivity contribution < 1.29 is 9.21 Å². The van der Waals surface area contributed by atoms with Gasteiger partial charge in [-0.3, -0.25) is 9.48 Å². The number of aromatic nitrogens is 3. The predicted octanol–water partition coefficient (Wildman–Crippen LogP) is 2.09. The molecule has 0 spiro atoms. The van der Waals surface area contributed by atoms with Gasteiger partial charge in [0.15, 0.2) is 10.4 Å². The first-order chi connectivity index (χ1) is 9.06. The van der Waals surface area contributed by atoms with Gasteiger partial charge in [-0.15, -0.1) is 0 Å². The molecule has 2 aromatic heterocycles. The van der Waals surface area contributed by atoms with Crippen LogP contribution in [0.25, 0.3) is 0 Å². The topological polar surface area (TPSA) is 73.0 Å². The minimum Gasteiger partial charge on any atom is -0.444 e. The molecule has 0 bridgehead atoms. The van der Waals surface area contributed by atoms with Crippen molar-refractivity contribution >= 4 is 21.8 Å². The van der Waals surface area contributed by atoms with Gasteiger partial charge in [-0.25, -0.2) is 4.98 Å². The third-order valence-corrected chi connectivity index (χ3v) is 3.19. The van der Waals surface area contributed by atoms with Crippen molar-refractivity contribution in [3.8, 4) is 0 Å². The average molecular weight is 327 g/mol. The van der Waals surface area contributed by atoms with Gasteiger partial charge in [0.2, 0.25) is 0 Å². The molecule has 102 valence electrons. The van der Waals surface area contributed by atoms with Crippen molar-refractivity contribution in [1.29, 1.82) is 0 Å². The molecule has 0 saturated heterocycles. The maximum absolute atomic E-state index is 12.0. The van der Waals surface area contributed by atoms with Crippen LogP contribution < -0.4 is 5.32 Å². The molecule has 0 fully saturated rings. The maximum atomic E-state index is 12.0. The lowest BCUT2D eigenvalue weighted by atomic mass is 10.0. The standard InChI is InChI=1S/C12H15BrN4O2/c1-8(2)9(5-17-7-14-6-15-17)16-12(18)10-3-4-11(13)19-10/h3-4,6-9H,5H2,1-2H3,(H,16,18)/t9-/m0/s1. The van der Waals surface area contributed by atoms with Crippen LogP contribution in [0.5, 0.6) is 0 Å². The molecule has 1 N–H and O–H groups in total. The molecule has 0 unspecified atom stereocenters. The Labute approximate surface area is 119 Å². The summed E-state index contributed by atoms with van der Waals surface area (Å²) in [5.41, 5.74) is 0. The molecule has 0 saturated carbocycles. The fraction of sp³-hybridized carbons (Fsp3) is 0.417. The molecule has 2 heterocycles. The third kappa shape index (κ3) is 3.66. The van der Waals surface area contributed by atoms with Crippen molar-refractivity contribution in [2.45, 2.75) is 26.4 Å². The molecule has 2 rings (SSSR count). The van der Waals surface area contributed by atoms with Crippen LogP contribution in [0.1, 0.15) is 24.4 Å². The number of halogens is 1. The molecule has 0 aromatic carbocycles. The number of carbonyl (C=O) groups is 1. The highest BCUT2D eigenvalue weighted by Crippen LogP contribution is 2.14. The Balaban J connectivity index is 2.02. The molecule has 0 aliphatic heterocycles. The quantitative estimate of drug-likeness (QED) is 0.913. The van der Waals surface area contributed by atoms with E-state index < -0.39 is 0 Å². The molecular formula is C12H15BrN4O2. The second kappa shape index (κ2) is 6.01. The number of amides is 1. The van der Waals surface area contributed by atoms with Gasteiger partial charge in [-0.2, -0.15) is 5.10 Å². The molecule has 7 heteroatoms. The summed E-state index contributed by atoms with van der Waals surface area (Å²) in [5, 5.41) is 6.99. The van der Waals surface area contributed by atoms with Crippen LogP contribution in [0.3, 0.4) is 0 Å². The summed E-state index contributed by atoms with van der Waals surface area (Å²) >= 11 is 3.18. The largest absolute Gasteiger partial charge is 0.444 e. The molecule has 19 heavy (non-hydrogen) atoms. The van der Waals surface area contributed by atoms with Gasteiger partial charge in [-0.05, 0) is 34.0 Å². The van der Waals surface area contributed by atoms with E-state index in [2.05, 4.69) is 31.3 Å². The van der Waals surface area contributed by atoms with Crippen LogP contribution in [0.2, 0.25) is 0 Å². The molecule has 1 atom stereocenters. The Morgan fingerprint density at radius 2 is 2.32 bits per heavy atom. The summed E-state index contributed by atoms with van der Waals surface area (Å²) in [6, 6.07) is 3.28. The van der Waals surface area contributed by atoms with Crippen LogP contribution >= 0.6 is 15.9 Å². The van der Waals surface area contributed by atoms with Gasteiger partial charge in [0.25, 0.3) is 5.91 Å². The number of carbonyl (C=O) groups excluding carboxylic acids is 1. The Morgan fingerprint density at radius 3 is 2.84 bits per heavy atom. The van der Waals surface area contributed by atoms with Crippen LogP contribution in [-0.2, 0) is 6.54 Å². The van der Waals surface area contributed by atoms with E-state index in [4.69, 9.17) is 4.42 Å². The van der Waals surface area contributed by atoms with Crippen LogP contribution in [-0.4, -0.2) is 26.7 Å². The maximum Gasteiger partial charge on any atom is 0.287 e. The van der Waals surface area contributed by atoms with Crippen molar-refractivity contribution in [3.05, 3.63) is 35.2 Å². The lowest BCUT2D eigenvalue weighted by Crippen LogP contribution is -2.41. The molecule has 6 nitrogen and oxygen atoms in total. The monoisotopic (exact) mass is 326 g/mol. The van der Waals surface area contributed by atoms with E-state index >= 15 is 0 Å².